The van der Waals surface area contributed by atoms with Crippen molar-refractivity contribution in [1.29, 1.82) is 0 Å². The molecule has 0 atom stereocenters. The SMILES string of the molecule is Cc1nc(Cl)nc2c1ncn2C(C)C. The van der Waals surface area contributed by atoms with Crippen molar-refractivity contribution < 1.29 is 0 Å². The molecule has 0 bridgehead atoms. The Morgan fingerprint density at radius 2 is 2.07 bits per heavy atom. The van der Waals surface area contributed by atoms with Gasteiger partial charge in [-0.3, -0.25) is 0 Å². The number of aryl methyl sites for hydroxylation is 1. The second kappa shape index (κ2) is 3.20. The minimum atomic E-state index is 0.275. The molecular weight excluding hydrogens is 200 g/mol. The van der Waals surface area contributed by atoms with Crippen LogP contribution >= 0.6 is 11.6 Å². The van der Waals surface area contributed by atoms with E-state index in [1.54, 1.807) is 6.33 Å². The maximum atomic E-state index is 5.79. The lowest BCUT2D eigenvalue weighted by Gasteiger charge is -2.06. The van der Waals surface area contributed by atoms with Crippen LogP contribution in [0.1, 0.15) is 25.6 Å². The van der Waals surface area contributed by atoms with Gasteiger partial charge >= 0.3 is 0 Å². The summed E-state index contributed by atoms with van der Waals surface area (Å²) in [6.07, 6.45) is 1.77. The van der Waals surface area contributed by atoms with E-state index in [2.05, 4.69) is 28.8 Å². The minimum absolute atomic E-state index is 0.275. The van der Waals surface area contributed by atoms with Crippen molar-refractivity contribution in [2.24, 2.45) is 0 Å². The molecule has 0 amide bonds. The van der Waals surface area contributed by atoms with Crippen molar-refractivity contribution >= 4 is 22.8 Å². The van der Waals surface area contributed by atoms with E-state index >= 15 is 0 Å². The van der Waals surface area contributed by atoms with Gasteiger partial charge in [-0.15, -0.1) is 0 Å². The van der Waals surface area contributed by atoms with Gasteiger partial charge in [0.25, 0.3) is 0 Å². The Hall–Kier alpha value is -1.16. The maximum Gasteiger partial charge on any atom is 0.224 e. The third-order valence-corrected chi connectivity index (χ3v) is 2.29. The second-order valence-corrected chi connectivity index (χ2v) is 3.83. The molecule has 0 radical (unpaired) electrons. The van der Waals surface area contributed by atoms with Gasteiger partial charge in [-0.2, -0.15) is 4.98 Å². The van der Waals surface area contributed by atoms with E-state index in [1.807, 2.05) is 11.5 Å². The highest BCUT2D eigenvalue weighted by Gasteiger charge is 2.10. The molecule has 74 valence electrons. The van der Waals surface area contributed by atoms with Crippen LogP contribution in [0.2, 0.25) is 5.28 Å². The molecule has 0 spiro atoms. The molecule has 4 nitrogen and oxygen atoms in total. The molecule has 0 saturated heterocycles. The van der Waals surface area contributed by atoms with Crippen LogP contribution in [0.5, 0.6) is 0 Å². The highest BCUT2D eigenvalue weighted by Crippen LogP contribution is 2.18. The predicted octanol–water partition coefficient (Wildman–Crippen LogP) is 2.37. The largest absolute Gasteiger partial charge is 0.313 e. The molecule has 0 saturated carbocycles. The first kappa shape index (κ1) is 9.40. The van der Waals surface area contributed by atoms with Crippen LogP contribution in [0.4, 0.5) is 0 Å². The summed E-state index contributed by atoms with van der Waals surface area (Å²) >= 11 is 5.79. The summed E-state index contributed by atoms with van der Waals surface area (Å²) in [6.45, 7) is 6.03. The van der Waals surface area contributed by atoms with Gasteiger partial charge in [0.1, 0.15) is 5.52 Å². The number of halogens is 1. The Labute approximate surface area is 87.0 Å². The minimum Gasteiger partial charge on any atom is -0.313 e. The standard InChI is InChI=1S/C9H11ClN4/c1-5(2)14-4-11-7-6(3)12-9(10)13-8(7)14/h4-5H,1-3H3. The molecule has 14 heavy (non-hydrogen) atoms. The first-order valence-electron chi connectivity index (χ1n) is 4.46. The van der Waals surface area contributed by atoms with Crippen LogP contribution < -0.4 is 0 Å². The maximum absolute atomic E-state index is 5.79. The van der Waals surface area contributed by atoms with E-state index in [0.29, 0.717) is 6.04 Å². The summed E-state index contributed by atoms with van der Waals surface area (Å²) in [4.78, 5) is 12.5. The molecular formula is C9H11ClN4. The zero-order valence-corrected chi connectivity index (χ0v) is 9.08. The third kappa shape index (κ3) is 1.35. The lowest BCUT2D eigenvalue weighted by Crippen LogP contribution is -2.00. The van der Waals surface area contributed by atoms with Crippen molar-refractivity contribution in [1.82, 2.24) is 19.5 Å². The lowest BCUT2D eigenvalue weighted by molar-refractivity contribution is 0.612. The summed E-state index contributed by atoms with van der Waals surface area (Å²) in [5.74, 6) is 0. The highest BCUT2D eigenvalue weighted by atomic mass is 35.5. The van der Waals surface area contributed by atoms with Gasteiger partial charge in [0.2, 0.25) is 5.28 Å². The van der Waals surface area contributed by atoms with Crippen molar-refractivity contribution in [2.45, 2.75) is 26.8 Å². The molecule has 0 unspecified atom stereocenters. The third-order valence-electron chi connectivity index (χ3n) is 2.12. The van der Waals surface area contributed by atoms with E-state index in [4.69, 9.17) is 11.6 Å². The second-order valence-electron chi connectivity index (χ2n) is 3.50. The van der Waals surface area contributed by atoms with Gasteiger partial charge in [-0.05, 0) is 32.4 Å². The fraction of sp³-hybridized carbons (Fsp3) is 0.444. The van der Waals surface area contributed by atoms with Crippen molar-refractivity contribution in [3.63, 3.8) is 0 Å². The Kier molecular flexibility index (Phi) is 2.15. The fourth-order valence-electron chi connectivity index (χ4n) is 1.40. The Morgan fingerprint density at radius 1 is 1.36 bits per heavy atom. The van der Waals surface area contributed by atoms with Gasteiger partial charge in [-0.25, -0.2) is 9.97 Å². The average molecular weight is 211 g/mol. The molecule has 0 aliphatic rings. The van der Waals surface area contributed by atoms with Gasteiger partial charge < -0.3 is 4.57 Å². The van der Waals surface area contributed by atoms with Gasteiger partial charge in [0, 0.05) is 6.04 Å². The monoisotopic (exact) mass is 210 g/mol. The Morgan fingerprint density at radius 3 is 2.71 bits per heavy atom. The first-order chi connectivity index (χ1) is 6.59. The number of hydrogen-bond donors (Lipinski definition) is 0. The molecule has 0 aromatic carbocycles. The smallest absolute Gasteiger partial charge is 0.224 e. The van der Waals surface area contributed by atoms with E-state index < -0.39 is 0 Å². The van der Waals surface area contributed by atoms with Crippen LogP contribution in [0.15, 0.2) is 6.33 Å². The fourth-order valence-corrected chi connectivity index (χ4v) is 1.61. The van der Waals surface area contributed by atoms with Crippen molar-refractivity contribution in [2.75, 3.05) is 0 Å². The van der Waals surface area contributed by atoms with Crippen LogP contribution in [0.3, 0.4) is 0 Å². The molecule has 2 rings (SSSR count). The topological polar surface area (TPSA) is 43.6 Å². The van der Waals surface area contributed by atoms with Gasteiger partial charge in [-0.1, -0.05) is 0 Å². The van der Waals surface area contributed by atoms with Gasteiger partial charge in [0.15, 0.2) is 5.65 Å². The van der Waals surface area contributed by atoms with Crippen molar-refractivity contribution in [3.05, 3.63) is 17.3 Å². The molecule has 0 fully saturated rings. The molecule has 5 heteroatoms. The van der Waals surface area contributed by atoms with E-state index in [9.17, 15) is 0 Å². The lowest BCUT2D eigenvalue weighted by atomic mass is 10.3. The number of hydrogen-bond acceptors (Lipinski definition) is 3. The van der Waals surface area contributed by atoms with Crippen LogP contribution in [0.25, 0.3) is 11.2 Å². The zero-order valence-electron chi connectivity index (χ0n) is 8.32. The molecule has 2 aromatic rings. The number of imidazole rings is 1. The molecule has 2 aromatic heterocycles. The molecule has 2 heterocycles. The molecule has 0 N–H and O–H groups in total. The predicted molar refractivity (Wildman–Crippen MR) is 55.5 cm³/mol. The van der Waals surface area contributed by atoms with Crippen molar-refractivity contribution in [3.8, 4) is 0 Å². The summed E-state index contributed by atoms with van der Waals surface area (Å²) in [6, 6.07) is 0.324. The summed E-state index contributed by atoms with van der Waals surface area (Å²) in [5.41, 5.74) is 2.44. The van der Waals surface area contributed by atoms with Crippen LogP contribution in [0, 0.1) is 6.92 Å². The van der Waals surface area contributed by atoms with Gasteiger partial charge in [0.05, 0.1) is 12.0 Å². The molecule has 0 aliphatic heterocycles. The summed E-state index contributed by atoms with van der Waals surface area (Å²) in [7, 11) is 0. The number of rotatable bonds is 1. The first-order valence-corrected chi connectivity index (χ1v) is 4.84. The summed E-state index contributed by atoms with van der Waals surface area (Å²) < 4.78 is 1.98. The Bertz CT molecular complexity index is 475. The van der Waals surface area contributed by atoms with Crippen LogP contribution in [-0.2, 0) is 0 Å². The summed E-state index contributed by atoms with van der Waals surface area (Å²) in [5, 5.41) is 0.275. The quantitative estimate of drug-likeness (QED) is 0.679. The number of fused-ring (bicyclic) bond motifs is 1. The van der Waals surface area contributed by atoms with E-state index in [1.165, 1.54) is 0 Å². The molecule has 0 aliphatic carbocycles. The zero-order chi connectivity index (χ0) is 10.3. The normalized spacial score (nSPS) is 11.5. The average Bonchev–Trinajstić information content (AvgIpc) is 2.47. The highest BCUT2D eigenvalue weighted by molar-refractivity contribution is 6.28. The van der Waals surface area contributed by atoms with E-state index in [0.717, 1.165) is 16.9 Å². The Balaban J connectivity index is 2.78. The number of nitrogens with zero attached hydrogens (tertiary/aromatic N) is 4. The number of aromatic nitrogens is 4. The van der Waals surface area contributed by atoms with Crippen LogP contribution in [-0.4, -0.2) is 19.5 Å². The van der Waals surface area contributed by atoms with E-state index in [-0.39, 0.29) is 5.28 Å².